The molecule has 0 spiro atoms. The molecule has 1 saturated carbocycles. The van der Waals surface area contributed by atoms with Crippen molar-refractivity contribution in [1.82, 2.24) is 15.2 Å². The van der Waals surface area contributed by atoms with Gasteiger partial charge in [0.05, 0.1) is 13.2 Å². The van der Waals surface area contributed by atoms with Crippen LogP contribution in [0.5, 0.6) is 0 Å². The lowest BCUT2D eigenvalue weighted by atomic mass is 9.89. The molecular weight excluding hydrogens is 414 g/mol. The third-order valence-electron chi connectivity index (χ3n) is 6.75. The minimum atomic E-state index is -1.08. The lowest BCUT2D eigenvalue weighted by molar-refractivity contribution is -0.166. The number of pyridine rings is 1. The van der Waals surface area contributed by atoms with E-state index in [2.05, 4.69) is 10.3 Å². The van der Waals surface area contributed by atoms with Gasteiger partial charge in [-0.15, -0.1) is 0 Å². The molecule has 0 radical (unpaired) electrons. The van der Waals surface area contributed by atoms with Gasteiger partial charge in [-0.05, 0) is 55.4 Å². The fraction of sp³-hybridized carbons (Fsp3) is 0.519. The molecule has 1 aromatic heterocycles. The summed E-state index contributed by atoms with van der Waals surface area (Å²) in [4.78, 5) is 32.5. The molecule has 1 atom stereocenters. The van der Waals surface area contributed by atoms with Crippen LogP contribution in [-0.2, 0) is 20.7 Å². The lowest BCUT2D eigenvalue weighted by Crippen LogP contribution is -2.62. The van der Waals surface area contributed by atoms with Crippen molar-refractivity contribution in [3.05, 3.63) is 54.4 Å². The van der Waals surface area contributed by atoms with E-state index in [4.69, 9.17) is 4.74 Å². The van der Waals surface area contributed by atoms with Crippen LogP contribution in [0, 0.1) is 5.92 Å². The fourth-order valence-corrected chi connectivity index (χ4v) is 4.98. The molecule has 1 aliphatic heterocycles. The van der Waals surface area contributed by atoms with E-state index in [9.17, 15) is 9.59 Å². The summed E-state index contributed by atoms with van der Waals surface area (Å²) in [6.45, 7) is 5.10. The Morgan fingerprint density at radius 3 is 2.58 bits per heavy atom. The standard InChI is InChI=1S/C27H35N3O3/c1-20(2)29-26(32)27(17-22-9-11-23(12-10-22)24-8-5-13-28-18-24)19-30(14-15-33-27)25(31)16-21-6-3-4-7-21/h5,8-13,18,20-21H,3-4,6-7,14-17,19H2,1-2H3,(H,29,32). The van der Waals surface area contributed by atoms with E-state index in [-0.39, 0.29) is 17.9 Å². The second-order valence-electron chi connectivity index (χ2n) is 9.76. The number of morpholine rings is 1. The zero-order valence-corrected chi connectivity index (χ0v) is 19.8. The molecule has 2 aliphatic rings. The monoisotopic (exact) mass is 449 g/mol. The van der Waals surface area contributed by atoms with Crippen molar-refractivity contribution in [3.63, 3.8) is 0 Å². The number of rotatable bonds is 7. The van der Waals surface area contributed by atoms with Gasteiger partial charge in [-0.1, -0.05) is 43.2 Å². The maximum Gasteiger partial charge on any atom is 0.254 e. The number of benzene rings is 1. The van der Waals surface area contributed by atoms with E-state index in [1.165, 1.54) is 12.8 Å². The van der Waals surface area contributed by atoms with Crippen LogP contribution in [0.1, 0.15) is 51.5 Å². The Morgan fingerprint density at radius 1 is 1.15 bits per heavy atom. The lowest BCUT2D eigenvalue weighted by Gasteiger charge is -2.42. The maximum absolute atomic E-state index is 13.4. The van der Waals surface area contributed by atoms with Gasteiger partial charge in [-0.2, -0.15) is 0 Å². The number of hydrogen-bond donors (Lipinski definition) is 1. The highest BCUT2D eigenvalue weighted by molar-refractivity contribution is 5.87. The van der Waals surface area contributed by atoms with Gasteiger partial charge < -0.3 is 15.0 Å². The molecule has 2 amide bonds. The highest BCUT2D eigenvalue weighted by atomic mass is 16.5. The molecule has 1 N–H and O–H groups in total. The molecule has 1 aliphatic carbocycles. The molecule has 1 unspecified atom stereocenters. The largest absolute Gasteiger partial charge is 0.361 e. The van der Waals surface area contributed by atoms with Crippen molar-refractivity contribution >= 4 is 11.8 Å². The molecule has 6 heteroatoms. The zero-order valence-electron chi connectivity index (χ0n) is 19.8. The smallest absolute Gasteiger partial charge is 0.254 e. The molecule has 4 rings (SSSR count). The third kappa shape index (κ3) is 5.80. The van der Waals surface area contributed by atoms with Crippen LogP contribution in [0.3, 0.4) is 0 Å². The van der Waals surface area contributed by atoms with Gasteiger partial charge in [0.2, 0.25) is 5.91 Å². The van der Waals surface area contributed by atoms with Gasteiger partial charge >= 0.3 is 0 Å². The van der Waals surface area contributed by atoms with Crippen molar-refractivity contribution in [2.24, 2.45) is 5.92 Å². The van der Waals surface area contributed by atoms with E-state index in [0.29, 0.717) is 38.5 Å². The Hall–Kier alpha value is -2.73. The first-order valence-electron chi connectivity index (χ1n) is 12.2. The van der Waals surface area contributed by atoms with Gasteiger partial charge in [0.1, 0.15) is 0 Å². The fourth-order valence-electron chi connectivity index (χ4n) is 4.98. The number of carbonyl (C=O) groups is 2. The normalized spacial score (nSPS) is 21.4. The number of amides is 2. The van der Waals surface area contributed by atoms with E-state index in [1.54, 1.807) is 6.20 Å². The van der Waals surface area contributed by atoms with Crippen LogP contribution in [0.4, 0.5) is 0 Å². The number of ether oxygens (including phenoxy) is 1. The molecule has 2 aromatic rings. The number of nitrogens with zero attached hydrogens (tertiary/aromatic N) is 2. The summed E-state index contributed by atoms with van der Waals surface area (Å²) >= 11 is 0. The first-order chi connectivity index (χ1) is 15.9. The van der Waals surface area contributed by atoms with E-state index < -0.39 is 5.60 Å². The Bertz CT molecular complexity index is 939. The van der Waals surface area contributed by atoms with E-state index in [0.717, 1.165) is 29.5 Å². The predicted octanol–water partition coefficient (Wildman–Crippen LogP) is 3.99. The maximum atomic E-state index is 13.4. The number of carbonyl (C=O) groups excluding carboxylic acids is 2. The molecule has 2 fully saturated rings. The Morgan fingerprint density at radius 2 is 1.91 bits per heavy atom. The van der Waals surface area contributed by atoms with Crippen LogP contribution in [-0.4, -0.2) is 53.0 Å². The predicted molar refractivity (Wildman–Crippen MR) is 128 cm³/mol. The van der Waals surface area contributed by atoms with Gasteiger partial charge in [0.25, 0.3) is 5.91 Å². The van der Waals surface area contributed by atoms with Gasteiger partial charge in [0, 0.05) is 37.8 Å². The summed E-state index contributed by atoms with van der Waals surface area (Å²) < 4.78 is 6.18. The summed E-state index contributed by atoms with van der Waals surface area (Å²) in [6.07, 6.45) is 9.32. The van der Waals surface area contributed by atoms with Crippen molar-refractivity contribution in [2.75, 3.05) is 19.7 Å². The summed E-state index contributed by atoms with van der Waals surface area (Å²) in [6, 6.07) is 12.1. The zero-order chi connectivity index (χ0) is 23.3. The Balaban J connectivity index is 1.52. The molecule has 176 valence electrons. The number of aromatic nitrogens is 1. The van der Waals surface area contributed by atoms with Crippen molar-refractivity contribution < 1.29 is 14.3 Å². The highest BCUT2D eigenvalue weighted by Crippen LogP contribution is 2.30. The minimum Gasteiger partial charge on any atom is -0.361 e. The quantitative estimate of drug-likeness (QED) is 0.694. The van der Waals surface area contributed by atoms with Crippen LogP contribution in [0.25, 0.3) is 11.1 Å². The summed E-state index contributed by atoms with van der Waals surface area (Å²) in [5, 5.41) is 3.03. The molecule has 33 heavy (non-hydrogen) atoms. The number of nitrogens with one attached hydrogen (secondary N) is 1. The average molecular weight is 450 g/mol. The molecule has 2 heterocycles. The topological polar surface area (TPSA) is 71.5 Å². The Labute approximate surface area is 196 Å². The molecule has 1 aromatic carbocycles. The van der Waals surface area contributed by atoms with Crippen LogP contribution in [0.15, 0.2) is 48.8 Å². The molecule has 0 bridgehead atoms. The van der Waals surface area contributed by atoms with E-state index in [1.807, 2.05) is 61.3 Å². The first-order valence-corrected chi connectivity index (χ1v) is 12.2. The number of hydrogen-bond acceptors (Lipinski definition) is 4. The van der Waals surface area contributed by atoms with Crippen LogP contribution in [0.2, 0.25) is 0 Å². The summed E-state index contributed by atoms with van der Waals surface area (Å²) in [5.41, 5.74) is 2.05. The van der Waals surface area contributed by atoms with Crippen molar-refractivity contribution in [2.45, 2.75) is 64.0 Å². The average Bonchev–Trinajstić information content (AvgIpc) is 3.33. The second-order valence-corrected chi connectivity index (χ2v) is 9.76. The third-order valence-corrected chi connectivity index (χ3v) is 6.75. The summed E-state index contributed by atoms with van der Waals surface area (Å²) in [5.74, 6) is 0.491. The van der Waals surface area contributed by atoms with Gasteiger partial charge in [-0.25, -0.2) is 0 Å². The molecule has 6 nitrogen and oxygen atoms in total. The SMILES string of the molecule is CC(C)NC(=O)C1(Cc2ccc(-c3cccnc3)cc2)CN(C(=O)CC2CCCC2)CCO1. The van der Waals surface area contributed by atoms with Crippen molar-refractivity contribution in [3.8, 4) is 11.1 Å². The molecular formula is C27H35N3O3. The highest BCUT2D eigenvalue weighted by Gasteiger charge is 2.45. The van der Waals surface area contributed by atoms with Gasteiger partial charge in [0.15, 0.2) is 5.60 Å². The summed E-state index contributed by atoms with van der Waals surface area (Å²) in [7, 11) is 0. The van der Waals surface area contributed by atoms with Crippen LogP contribution < -0.4 is 5.32 Å². The van der Waals surface area contributed by atoms with Crippen LogP contribution >= 0.6 is 0 Å². The van der Waals surface area contributed by atoms with Crippen molar-refractivity contribution in [1.29, 1.82) is 0 Å². The second kappa shape index (κ2) is 10.5. The Kier molecular flexibility index (Phi) is 7.43. The van der Waals surface area contributed by atoms with E-state index >= 15 is 0 Å². The minimum absolute atomic E-state index is 0.00417. The molecule has 1 saturated heterocycles. The first kappa shape index (κ1) is 23.4. The van der Waals surface area contributed by atoms with Gasteiger partial charge in [-0.3, -0.25) is 14.6 Å².